The van der Waals surface area contributed by atoms with Crippen molar-refractivity contribution in [2.75, 3.05) is 16.4 Å². The van der Waals surface area contributed by atoms with Crippen LogP contribution in [-0.2, 0) is 30.4 Å². The molecule has 0 atom stereocenters. The fourth-order valence-corrected chi connectivity index (χ4v) is 7.64. The number of benzene rings is 4. The smallest absolute Gasteiger partial charge is 0.296 e. The third-order valence-corrected chi connectivity index (χ3v) is 10.8. The van der Waals surface area contributed by atoms with Gasteiger partial charge in [0.2, 0.25) is 0 Å². The number of carbonyl (C=O) groups excluding carboxylic acids is 3. The third kappa shape index (κ3) is 8.90. The van der Waals surface area contributed by atoms with Crippen LogP contribution < -0.4 is 16.4 Å². The van der Waals surface area contributed by atoms with E-state index in [2.05, 4.69) is 20.6 Å². The summed E-state index contributed by atoms with van der Waals surface area (Å²) >= 11 is 11.8. The summed E-state index contributed by atoms with van der Waals surface area (Å²) in [4.78, 5) is 45.6. The number of hydrogen-bond donors (Lipinski definition) is 6. The number of aromatic nitrogens is 2. The van der Waals surface area contributed by atoms with Crippen molar-refractivity contribution >= 4 is 193 Å². The molecule has 0 saturated heterocycles. The maximum Gasteiger partial charge on any atom is 0.296 e. The van der Waals surface area contributed by atoms with Crippen molar-refractivity contribution in [1.29, 1.82) is 0 Å². The van der Waals surface area contributed by atoms with Gasteiger partial charge < -0.3 is 16.4 Å². The first-order chi connectivity index (χ1) is 23.7. The Hall–Kier alpha value is -2.06. The number of nitrogen functional groups attached to an aromatic ring is 1. The number of ketones is 2. The Morgan fingerprint density at radius 1 is 0.630 bits per heavy atom. The van der Waals surface area contributed by atoms with Crippen LogP contribution in [0, 0.1) is 0 Å². The second kappa shape index (κ2) is 16.8. The Morgan fingerprint density at radius 3 is 1.67 bits per heavy atom. The summed E-state index contributed by atoms with van der Waals surface area (Å²) in [5, 5.41) is 5.16. The normalized spacial score (nSPS) is 12.4. The van der Waals surface area contributed by atoms with Crippen LogP contribution in [0.3, 0.4) is 0 Å². The zero-order valence-electron chi connectivity index (χ0n) is 27.7. The van der Waals surface area contributed by atoms with Crippen molar-refractivity contribution in [2.24, 2.45) is 0 Å². The molecule has 0 fully saturated rings. The van der Waals surface area contributed by atoms with Gasteiger partial charge in [0, 0.05) is 106 Å². The molecule has 0 unspecified atom stereocenters. The molecule has 7 N–H and O–H groups in total. The first kappa shape index (κ1) is 46.3. The predicted octanol–water partition coefficient (Wildman–Crippen LogP) is 2.89. The summed E-state index contributed by atoms with van der Waals surface area (Å²) < 4.78 is 103. The van der Waals surface area contributed by atoms with E-state index in [-0.39, 0.29) is 121 Å². The molecule has 1 aliphatic carbocycles. The maximum atomic E-state index is 14.0. The summed E-state index contributed by atoms with van der Waals surface area (Å²) in [6, 6.07) is 11.4. The van der Waals surface area contributed by atoms with Gasteiger partial charge in [0.1, 0.15) is 14.7 Å². The molecule has 25 heteroatoms. The van der Waals surface area contributed by atoms with E-state index in [9.17, 15) is 53.3 Å². The molecule has 6 rings (SSSR count). The van der Waals surface area contributed by atoms with Crippen LogP contribution in [0.5, 0.6) is 0 Å². The Kier molecular flexibility index (Phi) is 14.4. The van der Waals surface area contributed by atoms with Gasteiger partial charge in [0.15, 0.2) is 21.9 Å². The number of nitrogens with one attached hydrogen (secondary N) is 2. The zero-order valence-corrected chi connectivity index (χ0v) is 37.7. The molecule has 0 spiro atoms. The van der Waals surface area contributed by atoms with Crippen LogP contribution in [0.2, 0.25) is 10.3 Å². The molecule has 0 aliphatic heterocycles. The minimum absolute atomic E-state index is 0. The van der Waals surface area contributed by atoms with Crippen molar-refractivity contribution < 1.29 is 53.3 Å². The molecular formula is C29H17Cl2N5Na3O12S3. The van der Waals surface area contributed by atoms with Crippen molar-refractivity contribution in [3.63, 3.8) is 0 Å². The zero-order chi connectivity index (χ0) is 37.4. The minimum Gasteiger partial charge on any atom is -0.397 e. The summed E-state index contributed by atoms with van der Waals surface area (Å²) in [6.07, 6.45) is 0. The number of hydrogen-bond acceptors (Lipinski definition) is 13. The largest absolute Gasteiger partial charge is 0.397 e. The number of carbonyl (C=O) groups is 3. The van der Waals surface area contributed by atoms with Gasteiger partial charge in [-0.05, 0) is 54.6 Å². The number of amides is 1. The van der Waals surface area contributed by atoms with E-state index < -0.39 is 96.1 Å². The number of fused-ring (bicyclic) bond motifs is 3. The Balaban J connectivity index is 0.00000261. The van der Waals surface area contributed by atoms with E-state index >= 15 is 0 Å². The van der Waals surface area contributed by atoms with Gasteiger partial charge in [0.25, 0.3) is 36.3 Å². The monoisotopic (exact) mass is 862 g/mol. The molecule has 1 heterocycles. The van der Waals surface area contributed by atoms with E-state index in [4.69, 9.17) is 28.9 Å². The molecule has 1 amide bonds. The maximum absolute atomic E-state index is 14.0. The molecule has 3 radical (unpaired) electrons. The standard InChI is InChI=1S/C29H17Cl2N5O12S3.3Na/c30-27-28(31)36-15-8-11(4-5-14(15)35-27)29(39)34-13-3-1-2-12(9-13)33-16-10-19(51(46,47)48)24(32)23-20(16)25(37)21-17(49(40,41)42)6-7-18(50(43,44)45)22(21)26(23)38;;;/h1-10,33H,32H2,(H,34,39)(H,40,41,42)(H,43,44,45)(H,46,47,48);;;. The number of nitrogens with two attached hydrogens (primary N) is 1. The summed E-state index contributed by atoms with van der Waals surface area (Å²) in [5.74, 6) is -3.63. The molecule has 54 heavy (non-hydrogen) atoms. The Labute approximate surface area is 381 Å². The van der Waals surface area contributed by atoms with Crippen molar-refractivity contribution in [2.45, 2.75) is 14.7 Å². The number of anilines is 4. The molecule has 0 saturated carbocycles. The van der Waals surface area contributed by atoms with E-state index in [1.165, 1.54) is 42.5 Å². The quantitative estimate of drug-likeness (QED) is 0.0764. The second-order valence-corrected chi connectivity index (χ2v) is 15.5. The van der Waals surface area contributed by atoms with Crippen molar-refractivity contribution in [1.82, 2.24) is 9.97 Å². The van der Waals surface area contributed by atoms with Gasteiger partial charge in [-0.15, -0.1) is 0 Å². The SMILES string of the molecule is Nc1c(S(=O)(=O)O)cc(Nc2cccc(NC(=O)c3ccc4nc(Cl)c(Cl)nc4c3)c2)c2c1C(=O)c1c(S(=O)(=O)O)ccc(S(=O)(=O)O)c1C2=O.[Na].[Na].[Na]. The summed E-state index contributed by atoms with van der Waals surface area (Å²) in [5.41, 5.74) is 1.06. The number of rotatable bonds is 7. The first-order valence-corrected chi connectivity index (χ1v) is 18.7. The molecule has 17 nitrogen and oxygen atoms in total. The van der Waals surface area contributed by atoms with Gasteiger partial charge in [-0.25, -0.2) is 9.97 Å². The molecule has 1 aromatic heterocycles. The predicted molar refractivity (Wildman–Crippen MR) is 198 cm³/mol. The third-order valence-electron chi connectivity index (χ3n) is 7.44. The molecular weight excluding hydrogens is 846 g/mol. The van der Waals surface area contributed by atoms with Crippen LogP contribution in [0.15, 0.2) is 75.4 Å². The fourth-order valence-electron chi connectivity index (χ4n) is 5.34. The van der Waals surface area contributed by atoms with Crippen LogP contribution in [0.1, 0.15) is 42.2 Å². The average Bonchev–Trinajstić information content (AvgIpc) is 3.02. The van der Waals surface area contributed by atoms with Crippen LogP contribution in [0.25, 0.3) is 11.0 Å². The van der Waals surface area contributed by atoms with Gasteiger partial charge >= 0.3 is 0 Å². The second-order valence-electron chi connectivity index (χ2n) is 10.6. The van der Waals surface area contributed by atoms with E-state index in [1.54, 1.807) is 0 Å². The van der Waals surface area contributed by atoms with Gasteiger partial charge in [-0.1, -0.05) is 29.3 Å². The molecule has 0 bridgehead atoms. The number of nitrogens with zero attached hydrogens (tertiary/aromatic N) is 2. The molecule has 4 aromatic carbocycles. The minimum atomic E-state index is -5.35. The Morgan fingerprint density at radius 2 is 1.13 bits per heavy atom. The van der Waals surface area contributed by atoms with Gasteiger partial charge in [-0.3, -0.25) is 28.0 Å². The number of halogens is 2. The van der Waals surface area contributed by atoms with Crippen molar-refractivity contribution in [3.05, 3.63) is 98.8 Å². The van der Waals surface area contributed by atoms with Crippen LogP contribution in [0.4, 0.5) is 22.7 Å². The van der Waals surface area contributed by atoms with E-state index in [0.717, 1.165) is 0 Å². The van der Waals surface area contributed by atoms with Crippen LogP contribution >= 0.6 is 23.2 Å². The fraction of sp³-hybridized carbons (Fsp3) is 0. The molecule has 5 aromatic rings. The molecule has 265 valence electrons. The van der Waals surface area contributed by atoms with Gasteiger partial charge in [0.05, 0.1) is 44.7 Å². The topological polar surface area (TPSA) is 290 Å². The van der Waals surface area contributed by atoms with E-state index in [0.29, 0.717) is 23.7 Å². The summed E-state index contributed by atoms with van der Waals surface area (Å²) in [6.45, 7) is 0. The van der Waals surface area contributed by atoms with E-state index in [1.807, 2.05) is 0 Å². The van der Waals surface area contributed by atoms with Gasteiger partial charge in [-0.2, -0.15) is 25.3 Å². The Bertz CT molecular complexity index is 2790. The summed E-state index contributed by atoms with van der Waals surface area (Å²) in [7, 11) is -15.9. The molecule has 1 aliphatic rings. The van der Waals surface area contributed by atoms with Crippen LogP contribution in [-0.4, -0.2) is 155 Å². The van der Waals surface area contributed by atoms with Crippen molar-refractivity contribution in [3.8, 4) is 0 Å². The average molecular weight is 864 g/mol. The first-order valence-electron chi connectivity index (χ1n) is 13.6.